The van der Waals surface area contributed by atoms with Crippen LogP contribution < -0.4 is 10.1 Å². The number of hydrogen-bond acceptors (Lipinski definition) is 2. The van der Waals surface area contributed by atoms with Gasteiger partial charge in [-0.1, -0.05) is 24.3 Å². The molecule has 0 saturated carbocycles. The number of para-hydroxylation sites is 1. The first-order valence-electron chi connectivity index (χ1n) is 8.22. The predicted molar refractivity (Wildman–Crippen MR) is 94.2 cm³/mol. The molecule has 2 aromatic carbocycles. The largest absolute Gasteiger partial charge is 0.493 e. The Kier molecular flexibility index (Phi) is 3.58. The van der Waals surface area contributed by atoms with Crippen LogP contribution in [0.25, 0.3) is 10.9 Å². The minimum atomic E-state index is 0.444. The molecule has 4 rings (SSSR count). The molecule has 0 aliphatic carbocycles. The fourth-order valence-electron chi connectivity index (χ4n) is 3.39. The molecule has 1 aromatic heterocycles. The third-order valence-corrected chi connectivity index (χ3v) is 4.90. The molecule has 0 spiro atoms. The number of aromatic amines is 1. The van der Waals surface area contributed by atoms with Gasteiger partial charge in [0.15, 0.2) is 0 Å². The van der Waals surface area contributed by atoms with Gasteiger partial charge in [-0.2, -0.15) is 0 Å². The van der Waals surface area contributed by atoms with Crippen molar-refractivity contribution in [3.63, 3.8) is 0 Å². The van der Waals surface area contributed by atoms with Crippen LogP contribution in [0.3, 0.4) is 0 Å². The summed E-state index contributed by atoms with van der Waals surface area (Å²) < 4.78 is 5.74. The zero-order valence-electron chi connectivity index (χ0n) is 13.6. The molecule has 118 valence electrons. The maximum Gasteiger partial charge on any atom is 0.122 e. The van der Waals surface area contributed by atoms with Gasteiger partial charge in [0, 0.05) is 41.2 Å². The first kappa shape index (κ1) is 14.3. The minimum Gasteiger partial charge on any atom is -0.493 e. The molecule has 3 nitrogen and oxygen atoms in total. The molecule has 3 aromatic rings. The van der Waals surface area contributed by atoms with Crippen LogP contribution in [0.4, 0.5) is 0 Å². The highest BCUT2D eigenvalue weighted by molar-refractivity contribution is 5.84. The lowest BCUT2D eigenvalue weighted by atomic mass is 10.0. The summed E-state index contributed by atoms with van der Waals surface area (Å²) in [4.78, 5) is 3.51. The standard InChI is InChI=1S/C20H22N2O/c1-13-7-8-19-18(14(13)2)9-16(22-19)11-21-10-15-12-23-20-6-4-3-5-17(15)20/h3-9,15,21-22H,10-12H2,1-2H3. The molecule has 1 aliphatic rings. The average molecular weight is 306 g/mol. The topological polar surface area (TPSA) is 37.0 Å². The number of nitrogens with one attached hydrogen (secondary N) is 2. The summed E-state index contributed by atoms with van der Waals surface area (Å²) in [5.41, 5.74) is 6.49. The van der Waals surface area contributed by atoms with Crippen molar-refractivity contribution in [3.8, 4) is 5.75 Å². The number of aromatic nitrogens is 1. The van der Waals surface area contributed by atoms with Gasteiger partial charge in [0.25, 0.3) is 0 Å². The van der Waals surface area contributed by atoms with E-state index in [-0.39, 0.29) is 0 Å². The van der Waals surface area contributed by atoms with E-state index in [9.17, 15) is 0 Å². The van der Waals surface area contributed by atoms with E-state index in [2.05, 4.69) is 60.5 Å². The molecule has 0 radical (unpaired) electrons. The lowest BCUT2D eigenvalue weighted by Gasteiger charge is -2.09. The van der Waals surface area contributed by atoms with Gasteiger partial charge in [-0.25, -0.2) is 0 Å². The molecule has 1 atom stereocenters. The number of hydrogen-bond donors (Lipinski definition) is 2. The summed E-state index contributed by atoms with van der Waals surface area (Å²) in [6, 6.07) is 15.0. The molecule has 0 amide bonds. The number of aryl methyl sites for hydroxylation is 2. The van der Waals surface area contributed by atoms with E-state index in [0.717, 1.165) is 25.4 Å². The van der Waals surface area contributed by atoms with Crippen LogP contribution in [0.2, 0.25) is 0 Å². The number of rotatable bonds is 4. The monoisotopic (exact) mass is 306 g/mol. The summed E-state index contributed by atoms with van der Waals surface area (Å²) in [5.74, 6) is 1.48. The highest BCUT2D eigenvalue weighted by atomic mass is 16.5. The van der Waals surface area contributed by atoms with Crippen molar-refractivity contribution in [1.29, 1.82) is 0 Å². The summed E-state index contributed by atoms with van der Waals surface area (Å²) in [7, 11) is 0. The van der Waals surface area contributed by atoms with Crippen molar-refractivity contribution in [2.75, 3.05) is 13.2 Å². The van der Waals surface area contributed by atoms with Gasteiger partial charge >= 0.3 is 0 Å². The molecular weight excluding hydrogens is 284 g/mol. The highest BCUT2D eigenvalue weighted by Crippen LogP contribution is 2.32. The molecule has 0 saturated heterocycles. The van der Waals surface area contributed by atoms with E-state index < -0.39 is 0 Å². The van der Waals surface area contributed by atoms with E-state index in [1.807, 2.05) is 6.07 Å². The van der Waals surface area contributed by atoms with Crippen LogP contribution in [-0.2, 0) is 6.54 Å². The molecule has 0 bridgehead atoms. The van der Waals surface area contributed by atoms with Crippen LogP contribution in [0.1, 0.15) is 28.3 Å². The highest BCUT2D eigenvalue weighted by Gasteiger charge is 2.22. The third kappa shape index (κ3) is 2.62. The lowest BCUT2D eigenvalue weighted by Crippen LogP contribution is -2.22. The number of ether oxygens (including phenoxy) is 1. The molecule has 0 fully saturated rings. The zero-order valence-corrected chi connectivity index (χ0v) is 13.6. The van der Waals surface area contributed by atoms with Crippen LogP contribution in [-0.4, -0.2) is 18.1 Å². The van der Waals surface area contributed by atoms with Crippen molar-refractivity contribution >= 4 is 10.9 Å². The van der Waals surface area contributed by atoms with E-state index >= 15 is 0 Å². The van der Waals surface area contributed by atoms with Crippen LogP contribution in [0, 0.1) is 13.8 Å². The molecular formula is C20H22N2O. The Labute approximate surface area is 136 Å². The summed E-state index contributed by atoms with van der Waals surface area (Å²) in [5, 5.41) is 4.90. The Hall–Kier alpha value is -2.26. The molecule has 2 N–H and O–H groups in total. The fraction of sp³-hybridized carbons (Fsp3) is 0.300. The first-order chi connectivity index (χ1) is 11.2. The Bertz CT molecular complexity index is 850. The van der Waals surface area contributed by atoms with Crippen molar-refractivity contribution < 1.29 is 4.74 Å². The average Bonchev–Trinajstić information content (AvgIpc) is 3.16. The van der Waals surface area contributed by atoms with Gasteiger partial charge in [-0.05, 0) is 43.2 Å². The van der Waals surface area contributed by atoms with E-state index in [4.69, 9.17) is 4.74 Å². The number of benzene rings is 2. The second kappa shape index (κ2) is 5.74. The lowest BCUT2D eigenvalue weighted by molar-refractivity contribution is 0.326. The van der Waals surface area contributed by atoms with E-state index in [1.165, 1.54) is 33.3 Å². The normalized spacial score (nSPS) is 16.5. The third-order valence-electron chi connectivity index (χ3n) is 4.90. The number of fused-ring (bicyclic) bond motifs is 2. The Morgan fingerprint density at radius 3 is 2.96 bits per heavy atom. The van der Waals surface area contributed by atoms with Gasteiger partial charge in [0.1, 0.15) is 5.75 Å². The van der Waals surface area contributed by atoms with Crippen LogP contribution in [0.5, 0.6) is 5.75 Å². The fourth-order valence-corrected chi connectivity index (χ4v) is 3.39. The van der Waals surface area contributed by atoms with Gasteiger partial charge in [-0.15, -0.1) is 0 Å². The molecule has 1 unspecified atom stereocenters. The summed E-state index contributed by atoms with van der Waals surface area (Å²) >= 11 is 0. The van der Waals surface area contributed by atoms with Gasteiger partial charge < -0.3 is 15.0 Å². The van der Waals surface area contributed by atoms with E-state index in [1.54, 1.807) is 0 Å². The van der Waals surface area contributed by atoms with Crippen molar-refractivity contribution in [3.05, 3.63) is 64.8 Å². The minimum absolute atomic E-state index is 0.444. The Morgan fingerprint density at radius 2 is 2.04 bits per heavy atom. The smallest absolute Gasteiger partial charge is 0.122 e. The summed E-state index contributed by atoms with van der Waals surface area (Å²) in [6.07, 6.45) is 0. The maximum atomic E-state index is 5.74. The van der Waals surface area contributed by atoms with Crippen LogP contribution in [0.15, 0.2) is 42.5 Å². The SMILES string of the molecule is Cc1ccc2[nH]c(CNCC3COc4ccccc43)cc2c1C. The van der Waals surface area contributed by atoms with Gasteiger partial charge in [0.05, 0.1) is 6.61 Å². The van der Waals surface area contributed by atoms with E-state index in [0.29, 0.717) is 5.92 Å². The van der Waals surface area contributed by atoms with Crippen molar-refractivity contribution in [1.82, 2.24) is 10.3 Å². The van der Waals surface area contributed by atoms with Crippen molar-refractivity contribution in [2.45, 2.75) is 26.3 Å². The molecule has 3 heteroatoms. The van der Waals surface area contributed by atoms with Gasteiger partial charge in [-0.3, -0.25) is 0 Å². The van der Waals surface area contributed by atoms with Gasteiger partial charge in [0.2, 0.25) is 0 Å². The van der Waals surface area contributed by atoms with Crippen LogP contribution >= 0.6 is 0 Å². The Morgan fingerprint density at radius 1 is 1.17 bits per heavy atom. The molecule has 23 heavy (non-hydrogen) atoms. The Balaban J connectivity index is 1.43. The quantitative estimate of drug-likeness (QED) is 0.763. The predicted octanol–water partition coefficient (Wildman–Crippen LogP) is 4.05. The summed E-state index contributed by atoms with van der Waals surface area (Å²) in [6.45, 7) is 6.92. The number of H-pyrrole nitrogens is 1. The molecule has 2 heterocycles. The van der Waals surface area contributed by atoms with Crippen molar-refractivity contribution in [2.24, 2.45) is 0 Å². The second-order valence-electron chi connectivity index (χ2n) is 6.44. The second-order valence-corrected chi connectivity index (χ2v) is 6.44. The maximum absolute atomic E-state index is 5.74. The zero-order chi connectivity index (χ0) is 15.8. The first-order valence-corrected chi connectivity index (χ1v) is 8.22. The molecule has 1 aliphatic heterocycles.